The van der Waals surface area contributed by atoms with E-state index in [0.717, 1.165) is 0 Å². The van der Waals surface area contributed by atoms with Gasteiger partial charge in [-0.05, 0) is 0 Å². The third-order valence-electron chi connectivity index (χ3n) is 1.56. The Labute approximate surface area is 74.0 Å². The molecule has 66 valence electrons. The van der Waals surface area contributed by atoms with Crippen LogP contribution >= 0.6 is 11.6 Å². The van der Waals surface area contributed by atoms with E-state index in [9.17, 15) is 9.59 Å². The standard InChI is InChI=1S/C7H9ClN2O2/c1-9-4-5-10(3-2-8)7(12)6(9)11/h4-5H,2-3H2,1H3. The zero-order valence-corrected chi connectivity index (χ0v) is 7.41. The topological polar surface area (TPSA) is 44.0 Å². The van der Waals surface area contributed by atoms with E-state index >= 15 is 0 Å². The van der Waals surface area contributed by atoms with Crippen molar-refractivity contribution in [2.75, 3.05) is 5.88 Å². The van der Waals surface area contributed by atoms with Crippen LogP contribution < -0.4 is 11.1 Å². The maximum absolute atomic E-state index is 11.2. The molecule has 0 atom stereocenters. The van der Waals surface area contributed by atoms with E-state index in [2.05, 4.69) is 0 Å². The van der Waals surface area contributed by atoms with Crippen LogP contribution in [0, 0.1) is 0 Å². The third-order valence-corrected chi connectivity index (χ3v) is 1.73. The van der Waals surface area contributed by atoms with Gasteiger partial charge in [0.15, 0.2) is 0 Å². The lowest BCUT2D eigenvalue weighted by Crippen LogP contribution is -2.39. The summed E-state index contributed by atoms with van der Waals surface area (Å²) < 4.78 is 2.54. The summed E-state index contributed by atoms with van der Waals surface area (Å²) in [6.07, 6.45) is 3.09. The first-order valence-corrected chi connectivity index (χ1v) is 4.02. The monoisotopic (exact) mass is 188 g/mol. The van der Waals surface area contributed by atoms with Gasteiger partial charge in [-0.3, -0.25) is 9.59 Å². The molecule has 1 aromatic rings. The molecular formula is C7H9ClN2O2. The second-order valence-electron chi connectivity index (χ2n) is 2.40. The van der Waals surface area contributed by atoms with Crippen molar-refractivity contribution in [2.24, 2.45) is 7.05 Å². The highest BCUT2D eigenvalue weighted by molar-refractivity contribution is 6.17. The van der Waals surface area contributed by atoms with Crippen molar-refractivity contribution in [3.05, 3.63) is 33.1 Å². The zero-order valence-electron chi connectivity index (χ0n) is 6.66. The van der Waals surface area contributed by atoms with E-state index in [4.69, 9.17) is 11.6 Å². The van der Waals surface area contributed by atoms with E-state index in [1.165, 1.54) is 22.4 Å². The first-order valence-electron chi connectivity index (χ1n) is 3.49. The SMILES string of the molecule is Cn1ccn(CCCl)c(=O)c1=O. The van der Waals surface area contributed by atoms with E-state index in [0.29, 0.717) is 12.4 Å². The number of nitrogens with zero attached hydrogens (tertiary/aromatic N) is 2. The van der Waals surface area contributed by atoms with Crippen LogP contribution in [-0.4, -0.2) is 15.0 Å². The molecule has 0 aliphatic carbocycles. The highest BCUT2D eigenvalue weighted by Gasteiger charge is 1.99. The molecule has 0 radical (unpaired) electrons. The fraction of sp³-hybridized carbons (Fsp3) is 0.429. The lowest BCUT2D eigenvalue weighted by Gasteiger charge is -2.02. The van der Waals surface area contributed by atoms with Crippen molar-refractivity contribution in [2.45, 2.75) is 6.54 Å². The second-order valence-corrected chi connectivity index (χ2v) is 2.78. The molecule has 0 aromatic carbocycles. The molecular weight excluding hydrogens is 180 g/mol. The molecule has 0 aliphatic rings. The average Bonchev–Trinajstić information content (AvgIpc) is 2.07. The molecule has 12 heavy (non-hydrogen) atoms. The summed E-state index contributed by atoms with van der Waals surface area (Å²) in [7, 11) is 1.54. The average molecular weight is 189 g/mol. The molecule has 0 N–H and O–H groups in total. The lowest BCUT2D eigenvalue weighted by molar-refractivity contribution is 0.678. The molecule has 0 spiro atoms. The van der Waals surface area contributed by atoms with E-state index in [-0.39, 0.29) is 0 Å². The number of aryl methyl sites for hydroxylation is 2. The highest BCUT2D eigenvalue weighted by Crippen LogP contribution is 1.81. The predicted octanol–water partition coefficient (Wildman–Crippen LogP) is -0.214. The van der Waals surface area contributed by atoms with Crippen LogP contribution in [0.1, 0.15) is 0 Å². The van der Waals surface area contributed by atoms with Gasteiger partial charge in [0.1, 0.15) is 0 Å². The van der Waals surface area contributed by atoms with Gasteiger partial charge < -0.3 is 9.13 Å². The predicted molar refractivity (Wildman–Crippen MR) is 46.7 cm³/mol. The molecule has 0 bridgehead atoms. The van der Waals surface area contributed by atoms with Gasteiger partial charge in [-0.2, -0.15) is 0 Å². The van der Waals surface area contributed by atoms with Gasteiger partial charge in [-0.1, -0.05) is 0 Å². The van der Waals surface area contributed by atoms with Crippen molar-refractivity contribution >= 4 is 11.6 Å². The van der Waals surface area contributed by atoms with E-state index < -0.39 is 11.1 Å². The number of hydrogen-bond donors (Lipinski definition) is 0. The highest BCUT2D eigenvalue weighted by atomic mass is 35.5. The normalized spacial score (nSPS) is 10.2. The van der Waals surface area contributed by atoms with Gasteiger partial charge >= 0.3 is 11.1 Å². The maximum atomic E-state index is 11.2. The third kappa shape index (κ3) is 1.58. The van der Waals surface area contributed by atoms with Gasteiger partial charge in [0.25, 0.3) is 0 Å². The van der Waals surface area contributed by atoms with E-state index in [1.807, 2.05) is 0 Å². The molecule has 0 saturated carbocycles. The van der Waals surface area contributed by atoms with Crippen LogP contribution in [0.15, 0.2) is 22.0 Å². The molecule has 4 nitrogen and oxygen atoms in total. The van der Waals surface area contributed by atoms with Gasteiger partial charge in [0, 0.05) is 31.9 Å². The summed E-state index contributed by atoms with van der Waals surface area (Å²) in [5.74, 6) is 0.326. The summed E-state index contributed by atoms with van der Waals surface area (Å²) in [5, 5.41) is 0. The zero-order chi connectivity index (χ0) is 9.14. The molecule has 5 heteroatoms. The Balaban J connectivity index is 3.28. The fourth-order valence-corrected chi connectivity index (χ4v) is 1.04. The smallest absolute Gasteiger partial charge is 0.312 e. The number of alkyl halides is 1. The molecule has 0 aliphatic heterocycles. The molecule has 1 rings (SSSR count). The van der Waals surface area contributed by atoms with Crippen LogP contribution in [-0.2, 0) is 13.6 Å². The van der Waals surface area contributed by atoms with Crippen molar-refractivity contribution in [1.82, 2.24) is 9.13 Å². The van der Waals surface area contributed by atoms with Crippen molar-refractivity contribution < 1.29 is 0 Å². The minimum Gasteiger partial charge on any atom is -0.312 e. The summed E-state index contributed by atoms with van der Waals surface area (Å²) in [6.45, 7) is 0.371. The van der Waals surface area contributed by atoms with Crippen molar-refractivity contribution in [3.63, 3.8) is 0 Å². The number of hydrogen-bond acceptors (Lipinski definition) is 2. The Bertz CT molecular complexity index is 380. The Morgan fingerprint density at radius 3 is 2.58 bits per heavy atom. The first kappa shape index (κ1) is 9.06. The minimum absolute atomic E-state index is 0.326. The summed E-state index contributed by atoms with van der Waals surface area (Å²) >= 11 is 5.43. The Kier molecular flexibility index (Phi) is 2.70. The fourth-order valence-electron chi connectivity index (χ4n) is 0.857. The Morgan fingerprint density at radius 1 is 1.33 bits per heavy atom. The largest absolute Gasteiger partial charge is 0.316 e. The minimum atomic E-state index is -0.527. The molecule has 1 aromatic heterocycles. The van der Waals surface area contributed by atoms with Gasteiger partial charge in [0.2, 0.25) is 0 Å². The lowest BCUT2D eigenvalue weighted by atomic mass is 10.6. The second kappa shape index (κ2) is 3.58. The van der Waals surface area contributed by atoms with Crippen LogP contribution in [0.25, 0.3) is 0 Å². The molecule has 0 amide bonds. The quantitative estimate of drug-likeness (QED) is 0.476. The number of aromatic nitrogens is 2. The van der Waals surface area contributed by atoms with Crippen LogP contribution in [0.4, 0.5) is 0 Å². The van der Waals surface area contributed by atoms with E-state index in [1.54, 1.807) is 6.20 Å². The van der Waals surface area contributed by atoms with Crippen molar-refractivity contribution in [3.8, 4) is 0 Å². The molecule has 0 unspecified atom stereocenters. The molecule has 0 fully saturated rings. The first-order chi connectivity index (χ1) is 5.66. The summed E-state index contributed by atoms with van der Waals surface area (Å²) in [4.78, 5) is 22.2. The Hall–Kier alpha value is -1.03. The van der Waals surface area contributed by atoms with Gasteiger partial charge in [0.05, 0.1) is 0 Å². The summed E-state index contributed by atoms with van der Waals surface area (Å²) in [5.41, 5.74) is -1.05. The van der Waals surface area contributed by atoms with Crippen molar-refractivity contribution in [1.29, 1.82) is 0 Å². The number of rotatable bonds is 2. The molecule has 1 heterocycles. The van der Waals surface area contributed by atoms with Crippen LogP contribution in [0.2, 0.25) is 0 Å². The van der Waals surface area contributed by atoms with Crippen LogP contribution in [0.5, 0.6) is 0 Å². The van der Waals surface area contributed by atoms with Gasteiger partial charge in [-0.25, -0.2) is 0 Å². The Morgan fingerprint density at radius 2 is 2.00 bits per heavy atom. The van der Waals surface area contributed by atoms with Crippen LogP contribution in [0.3, 0.4) is 0 Å². The number of halogens is 1. The maximum Gasteiger partial charge on any atom is 0.316 e. The van der Waals surface area contributed by atoms with Gasteiger partial charge in [-0.15, -0.1) is 11.6 Å². The molecule has 0 saturated heterocycles. The summed E-state index contributed by atoms with van der Waals surface area (Å²) in [6, 6.07) is 0.